The van der Waals surface area contributed by atoms with Gasteiger partial charge in [-0.05, 0) is 55.4 Å². The van der Waals surface area contributed by atoms with E-state index in [1.165, 1.54) is 40.5 Å². The van der Waals surface area contributed by atoms with E-state index in [2.05, 4.69) is 38.8 Å². The molecule has 0 spiro atoms. The van der Waals surface area contributed by atoms with Gasteiger partial charge in [0.2, 0.25) is 10.0 Å². The highest BCUT2D eigenvalue weighted by Gasteiger charge is 2.55. The Bertz CT molecular complexity index is 1260. The van der Waals surface area contributed by atoms with Crippen molar-refractivity contribution in [1.82, 2.24) is 9.29 Å². The fourth-order valence-electron chi connectivity index (χ4n) is 3.72. The van der Waals surface area contributed by atoms with E-state index in [4.69, 9.17) is 32.9 Å². The fraction of sp³-hybridized carbons (Fsp3) is 0.500. The number of aliphatic hydroxyl groups is 1. The molecule has 196 valence electrons. The Labute approximate surface area is 229 Å². The molecule has 7 nitrogen and oxygen atoms in total. The monoisotopic (exact) mass is 587 g/mol. The molecule has 0 bridgehead atoms. The second kappa shape index (κ2) is 10.5. The lowest BCUT2D eigenvalue weighted by atomic mass is 9.97. The van der Waals surface area contributed by atoms with Crippen molar-refractivity contribution in [2.45, 2.75) is 72.7 Å². The third-order valence-electron chi connectivity index (χ3n) is 6.98. The molecule has 3 rings (SSSR count). The van der Waals surface area contributed by atoms with E-state index in [9.17, 15) is 13.5 Å². The zero-order valence-electron chi connectivity index (χ0n) is 21.1. The van der Waals surface area contributed by atoms with Crippen molar-refractivity contribution in [1.29, 1.82) is 5.26 Å². The van der Waals surface area contributed by atoms with Crippen molar-refractivity contribution in [2.24, 2.45) is 0 Å². The van der Waals surface area contributed by atoms with Gasteiger partial charge in [0.25, 0.3) is 0 Å². The summed E-state index contributed by atoms with van der Waals surface area (Å²) in [5.41, 5.74) is -1.25. The fourth-order valence-corrected chi connectivity index (χ4v) is 8.66. The first-order valence-electron chi connectivity index (χ1n) is 11.4. The summed E-state index contributed by atoms with van der Waals surface area (Å²) in [7, 11) is -6.36. The van der Waals surface area contributed by atoms with Gasteiger partial charge in [0.15, 0.2) is 8.32 Å². The van der Waals surface area contributed by atoms with Crippen molar-refractivity contribution in [3.8, 4) is 6.07 Å². The number of thioether (sulfide) groups is 1. The molecule has 12 heteroatoms. The van der Waals surface area contributed by atoms with Gasteiger partial charge in [-0.1, -0.05) is 55.7 Å². The number of halogens is 2. The maximum absolute atomic E-state index is 13.6. The van der Waals surface area contributed by atoms with Crippen LogP contribution >= 0.6 is 35.0 Å². The summed E-state index contributed by atoms with van der Waals surface area (Å²) >= 11 is 13.5. The minimum Gasteiger partial charge on any atom is -0.411 e. The van der Waals surface area contributed by atoms with E-state index in [-0.39, 0.29) is 33.6 Å². The topological polar surface area (TPSA) is 104 Å². The Hall–Kier alpha value is -1.16. The van der Waals surface area contributed by atoms with Crippen LogP contribution in [0.5, 0.6) is 0 Å². The quantitative estimate of drug-likeness (QED) is 0.422. The third-order valence-corrected chi connectivity index (χ3v) is 15.4. The maximum Gasteiger partial charge on any atom is 0.244 e. The zero-order chi connectivity index (χ0) is 27.1. The normalized spacial score (nSPS) is 22.4. The molecule has 0 saturated carbocycles. The molecule has 1 aliphatic heterocycles. The molecule has 1 aromatic carbocycles. The summed E-state index contributed by atoms with van der Waals surface area (Å²) in [5, 5.41) is 21.5. The number of sulfonamides is 1. The lowest BCUT2D eigenvalue weighted by Gasteiger charge is -2.43. The molecule has 1 saturated heterocycles. The largest absolute Gasteiger partial charge is 0.411 e. The first-order valence-corrected chi connectivity index (χ1v) is 17.4. The lowest BCUT2D eigenvalue weighted by Crippen LogP contribution is -2.56. The number of nitrogens with zero attached hydrogens (tertiary/aromatic N) is 3. The summed E-state index contributed by atoms with van der Waals surface area (Å²) in [6.07, 6.45) is 0.859. The number of pyridine rings is 1. The van der Waals surface area contributed by atoms with Gasteiger partial charge in [-0.25, -0.2) is 13.4 Å². The average Bonchev–Trinajstić information content (AvgIpc) is 3.12. The zero-order valence-corrected chi connectivity index (χ0v) is 25.3. The molecule has 1 fully saturated rings. The van der Waals surface area contributed by atoms with Crippen LogP contribution in [0, 0.1) is 11.3 Å². The summed E-state index contributed by atoms with van der Waals surface area (Å²) < 4.78 is 35.0. The second-order valence-corrected chi connectivity index (χ2v) is 19.2. The van der Waals surface area contributed by atoms with Gasteiger partial charge in [-0.15, -0.1) is 0 Å². The van der Waals surface area contributed by atoms with Gasteiger partial charge in [-0.2, -0.15) is 9.57 Å². The van der Waals surface area contributed by atoms with Crippen LogP contribution in [0.25, 0.3) is 0 Å². The van der Waals surface area contributed by atoms with Crippen molar-refractivity contribution >= 4 is 53.3 Å². The van der Waals surface area contributed by atoms with Gasteiger partial charge in [0.1, 0.15) is 10.5 Å². The summed E-state index contributed by atoms with van der Waals surface area (Å²) in [6.45, 7) is 12.2. The van der Waals surface area contributed by atoms with Crippen molar-refractivity contribution < 1.29 is 18.0 Å². The van der Waals surface area contributed by atoms with Crippen LogP contribution in [0.3, 0.4) is 0 Å². The van der Waals surface area contributed by atoms with Crippen LogP contribution in [-0.4, -0.2) is 61.2 Å². The van der Waals surface area contributed by atoms with Crippen LogP contribution < -0.4 is 0 Å². The van der Waals surface area contributed by atoms with Crippen LogP contribution in [0.4, 0.5) is 0 Å². The van der Waals surface area contributed by atoms with E-state index in [1.807, 2.05) is 6.07 Å². The second-order valence-electron chi connectivity index (χ2n) is 10.5. The predicted octanol–water partition coefficient (Wildman–Crippen LogP) is 5.57. The standard InChI is InChI=1S/C24H31Cl2N3O4S2Si/c1-16(33-36(5,6)23(2,3)4)24(30)15-29(14-21(24)34-22-10-8-18(25)13-28-22)35(31,32)20-9-7-17(12-27)11-19(20)26/h7-11,13,16,21,30H,14-15H2,1-6H3/t16?,21-,24+/m1/s1. The Morgan fingerprint density at radius 3 is 2.50 bits per heavy atom. The van der Waals surface area contributed by atoms with Crippen LogP contribution in [-0.2, 0) is 14.4 Å². The highest BCUT2D eigenvalue weighted by atomic mass is 35.5. The Balaban J connectivity index is 2.00. The molecule has 1 aromatic heterocycles. The number of rotatable bonds is 7. The lowest BCUT2D eigenvalue weighted by molar-refractivity contribution is -0.0433. The van der Waals surface area contributed by atoms with Crippen molar-refractivity contribution in [3.05, 3.63) is 52.1 Å². The van der Waals surface area contributed by atoms with E-state index in [1.54, 1.807) is 19.1 Å². The average molecular weight is 589 g/mol. The number of hydrogen-bond acceptors (Lipinski definition) is 7. The van der Waals surface area contributed by atoms with Gasteiger partial charge in [0, 0.05) is 19.3 Å². The first-order chi connectivity index (χ1) is 16.5. The van der Waals surface area contributed by atoms with Crippen molar-refractivity contribution in [2.75, 3.05) is 13.1 Å². The summed E-state index contributed by atoms with van der Waals surface area (Å²) in [6, 6.07) is 9.45. The van der Waals surface area contributed by atoms with Crippen LogP contribution in [0.2, 0.25) is 28.2 Å². The molecule has 2 aromatic rings. The highest BCUT2D eigenvalue weighted by Crippen LogP contribution is 2.44. The SMILES string of the molecule is CC(O[Si](C)(C)C(C)(C)C)[C@@]1(O)CN(S(=O)(=O)c2ccc(C#N)cc2Cl)C[C@H]1Sc1ccc(Cl)cn1. The Morgan fingerprint density at radius 1 is 1.31 bits per heavy atom. The summed E-state index contributed by atoms with van der Waals surface area (Å²) in [5.74, 6) is 0. The molecule has 3 atom stereocenters. The molecular formula is C24H31Cl2N3O4S2Si. The Morgan fingerprint density at radius 2 is 1.97 bits per heavy atom. The number of nitriles is 1. The molecule has 2 heterocycles. The number of hydrogen-bond donors (Lipinski definition) is 1. The van der Waals surface area contributed by atoms with E-state index < -0.39 is 35.3 Å². The van der Waals surface area contributed by atoms with Crippen LogP contribution in [0.15, 0.2) is 46.5 Å². The highest BCUT2D eigenvalue weighted by molar-refractivity contribution is 8.00. The maximum atomic E-state index is 13.6. The minimum atomic E-state index is -4.07. The molecule has 0 amide bonds. The van der Waals surface area contributed by atoms with Crippen LogP contribution in [0.1, 0.15) is 33.3 Å². The van der Waals surface area contributed by atoms with Gasteiger partial charge in [0.05, 0.1) is 38.1 Å². The smallest absolute Gasteiger partial charge is 0.244 e. The molecule has 36 heavy (non-hydrogen) atoms. The molecule has 1 unspecified atom stereocenters. The molecule has 0 aliphatic carbocycles. The minimum absolute atomic E-state index is 0.0232. The number of β-amino-alcohol motifs (C(OH)–C–C–N with tert-alkyl or cyclic N) is 1. The van der Waals surface area contributed by atoms with Crippen molar-refractivity contribution in [3.63, 3.8) is 0 Å². The third kappa shape index (κ3) is 5.94. The summed E-state index contributed by atoms with van der Waals surface area (Å²) in [4.78, 5) is 4.21. The van der Waals surface area contributed by atoms with E-state index in [0.717, 1.165) is 0 Å². The molecule has 1 aliphatic rings. The first kappa shape index (κ1) is 29.4. The van der Waals surface area contributed by atoms with E-state index in [0.29, 0.717) is 10.0 Å². The molecule has 1 N–H and O–H groups in total. The number of benzene rings is 1. The molecular weight excluding hydrogens is 557 g/mol. The predicted molar refractivity (Wildman–Crippen MR) is 147 cm³/mol. The Kier molecular flexibility index (Phi) is 8.61. The van der Waals surface area contributed by atoms with Gasteiger partial charge in [-0.3, -0.25) is 0 Å². The van der Waals surface area contributed by atoms with E-state index >= 15 is 0 Å². The van der Waals surface area contributed by atoms with Gasteiger partial charge >= 0.3 is 0 Å². The molecule has 0 radical (unpaired) electrons. The van der Waals surface area contributed by atoms with Gasteiger partial charge < -0.3 is 9.53 Å². The number of aromatic nitrogens is 1.